The number of aromatic nitrogens is 1. The molecule has 2 aromatic carbocycles. The molecule has 6 heteroatoms. The number of carbonyl (C=O) groups excluding carboxylic acids is 3. The van der Waals surface area contributed by atoms with Crippen molar-refractivity contribution in [3.63, 3.8) is 0 Å². The molecule has 1 aromatic heterocycles. The lowest BCUT2D eigenvalue weighted by Crippen LogP contribution is -2.20. The summed E-state index contributed by atoms with van der Waals surface area (Å²) >= 11 is 0. The predicted octanol–water partition coefficient (Wildman–Crippen LogP) is 3.29. The normalized spacial score (nSPS) is 12.5. The van der Waals surface area contributed by atoms with Gasteiger partial charge in [0.15, 0.2) is 17.3 Å². The van der Waals surface area contributed by atoms with Crippen molar-refractivity contribution in [3.8, 4) is 11.1 Å². The van der Waals surface area contributed by atoms with Crippen LogP contribution in [0.4, 0.5) is 0 Å². The summed E-state index contributed by atoms with van der Waals surface area (Å²) in [6.45, 7) is 1.90. The zero-order valence-electron chi connectivity index (χ0n) is 13.8. The van der Waals surface area contributed by atoms with Gasteiger partial charge in [0.1, 0.15) is 6.26 Å². The Morgan fingerprint density at radius 2 is 1.62 bits per heavy atom. The van der Waals surface area contributed by atoms with E-state index in [0.717, 1.165) is 0 Å². The molecule has 0 saturated heterocycles. The number of carbonyl (C=O) groups is 3. The van der Waals surface area contributed by atoms with Gasteiger partial charge in [0.2, 0.25) is 0 Å². The molecular formula is C20H13NO5. The van der Waals surface area contributed by atoms with Crippen molar-refractivity contribution in [2.75, 3.05) is 6.61 Å². The number of hydrogen-bond acceptors (Lipinski definition) is 6. The molecule has 26 heavy (non-hydrogen) atoms. The van der Waals surface area contributed by atoms with E-state index in [9.17, 15) is 14.4 Å². The fraction of sp³-hybridized carbons (Fsp3) is 0.100. The predicted molar refractivity (Wildman–Crippen MR) is 91.2 cm³/mol. The first kappa shape index (κ1) is 16.0. The number of ketones is 2. The summed E-state index contributed by atoms with van der Waals surface area (Å²) in [5, 5.41) is 3.69. The quantitative estimate of drug-likeness (QED) is 0.529. The molecule has 0 bridgehead atoms. The van der Waals surface area contributed by atoms with Gasteiger partial charge in [-0.05, 0) is 24.6 Å². The van der Waals surface area contributed by atoms with Crippen LogP contribution in [0.5, 0.6) is 0 Å². The maximum atomic E-state index is 12.8. The van der Waals surface area contributed by atoms with E-state index in [0.29, 0.717) is 33.4 Å². The summed E-state index contributed by atoms with van der Waals surface area (Å²) in [5.41, 5.74) is 2.39. The van der Waals surface area contributed by atoms with Gasteiger partial charge in [-0.2, -0.15) is 0 Å². The van der Waals surface area contributed by atoms with E-state index in [4.69, 9.17) is 9.26 Å². The lowest BCUT2D eigenvalue weighted by atomic mass is 9.83. The van der Waals surface area contributed by atoms with Gasteiger partial charge in [0.05, 0.1) is 12.2 Å². The second-order valence-corrected chi connectivity index (χ2v) is 5.76. The minimum atomic E-state index is -0.610. The number of fused-ring (bicyclic) bond motifs is 2. The van der Waals surface area contributed by atoms with E-state index in [1.54, 1.807) is 49.4 Å². The van der Waals surface area contributed by atoms with Crippen LogP contribution in [0, 0.1) is 0 Å². The SMILES string of the molecule is CCOC(=O)c1nocc1-c1ccc2c(c1)C(=O)c1ccccc1C2=O. The number of benzene rings is 2. The van der Waals surface area contributed by atoms with Gasteiger partial charge in [-0.3, -0.25) is 9.59 Å². The Kier molecular flexibility index (Phi) is 3.73. The maximum absolute atomic E-state index is 12.8. The molecule has 0 amide bonds. The molecule has 1 aliphatic rings. The van der Waals surface area contributed by atoms with Crippen LogP contribution in [0.15, 0.2) is 53.3 Å². The van der Waals surface area contributed by atoms with E-state index in [1.165, 1.54) is 6.26 Å². The van der Waals surface area contributed by atoms with Crippen LogP contribution >= 0.6 is 0 Å². The first-order valence-corrected chi connectivity index (χ1v) is 8.06. The molecule has 0 atom stereocenters. The lowest BCUT2D eigenvalue weighted by Gasteiger charge is -2.17. The Balaban J connectivity index is 1.82. The largest absolute Gasteiger partial charge is 0.461 e. The number of rotatable bonds is 3. The topological polar surface area (TPSA) is 86.5 Å². The number of hydrogen-bond donors (Lipinski definition) is 0. The molecule has 0 aliphatic heterocycles. The van der Waals surface area contributed by atoms with Crippen LogP contribution < -0.4 is 0 Å². The molecular weight excluding hydrogens is 334 g/mol. The molecule has 0 saturated carbocycles. The smallest absolute Gasteiger partial charge is 0.361 e. The average Bonchev–Trinajstić information content (AvgIpc) is 3.16. The summed E-state index contributed by atoms with van der Waals surface area (Å²) in [7, 11) is 0. The zero-order valence-corrected chi connectivity index (χ0v) is 13.8. The average molecular weight is 347 g/mol. The molecule has 0 N–H and O–H groups in total. The second kappa shape index (κ2) is 6.07. The van der Waals surface area contributed by atoms with Crippen molar-refractivity contribution < 1.29 is 23.6 Å². The molecule has 4 rings (SSSR count). The molecule has 0 radical (unpaired) electrons. The summed E-state index contributed by atoms with van der Waals surface area (Å²) < 4.78 is 9.88. The third kappa shape index (κ3) is 2.35. The van der Waals surface area contributed by atoms with Crippen LogP contribution in [0.1, 0.15) is 49.3 Å². The highest BCUT2D eigenvalue weighted by Crippen LogP contribution is 2.32. The third-order valence-corrected chi connectivity index (χ3v) is 4.27. The standard InChI is InChI=1S/C20H13NO5/c1-2-25-20(24)17-16(10-26-21-17)11-7-8-14-15(9-11)19(23)13-6-4-3-5-12(13)18(14)22/h3-10H,2H2,1H3. The Morgan fingerprint density at radius 1 is 0.962 bits per heavy atom. The van der Waals surface area contributed by atoms with E-state index < -0.39 is 5.97 Å². The Bertz CT molecular complexity index is 1060. The van der Waals surface area contributed by atoms with Crippen LogP contribution in [0.2, 0.25) is 0 Å². The molecule has 0 fully saturated rings. The highest BCUT2D eigenvalue weighted by Gasteiger charge is 2.30. The lowest BCUT2D eigenvalue weighted by molar-refractivity contribution is 0.0515. The molecule has 0 spiro atoms. The molecule has 0 unspecified atom stereocenters. The summed E-state index contributed by atoms with van der Waals surface area (Å²) in [5.74, 6) is -1.04. The maximum Gasteiger partial charge on any atom is 0.361 e. The molecule has 1 heterocycles. The van der Waals surface area contributed by atoms with Crippen LogP contribution in [-0.2, 0) is 4.74 Å². The number of nitrogens with zero attached hydrogens (tertiary/aromatic N) is 1. The Hall–Kier alpha value is -3.54. The van der Waals surface area contributed by atoms with Gasteiger partial charge < -0.3 is 9.26 Å². The van der Waals surface area contributed by atoms with Gasteiger partial charge in [-0.1, -0.05) is 35.5 Å². The van der Waals surface area contributed by atoms with E-state index in [1.807, 2.05) is 0 Å². The van der Waals surface area contributed by atoms with Gasteiger partial charge in [0, 0.05) is 22.3 Å². The van der Waals surface area contributed by atoms with E-state index in [2.05, 4.69) is 5.16 Å². The number of esters is 1. The molecule has 1 aliphatic carbocycles. The summed E-state index contributed by atoms with van der Waals surface area (Å²) in [6, 6.07) is 11.6. The van der Waals surface area contributed by atoms with Crippen molar-refractivity contribution in [2.24, 2.45) is 0 Å². The van der Waals surface area contributed by atoms with E-state index in [-0.39, 0.29) is 23.9 Å². The fourth-order valence-electron chi connectivity index (χ4n) is 3.06. The third-order valence-electron chi connectivity index (χ3n) is 4.27. The fourth-order valence-corrected chi connectivity index (χ4v) is 3.06. The highest BCUT2D eigenvalue weighted by molar-refractivity contribution is 6.28. The Morgan fingerprint density at radius 3 is 2.31 bits per heavy atom. The highest BCUT2D eigenvalue weighted by atomic mass is 16.5. The van der Waals surface area contributed by atoms with Crippen molar-refractivity contribution in [3.05, 3.63) is 76.7 Å². The van der Waals surface area contributed by atoms with Crippen LogP contribution in [0.25, 0.3) is 11.1 Å². The number of ether oxygens (including phenoxy) is 1. The zero-order chi connectivity index (χ0) is 18.3. The van der Waals surface area contributed by atoms with Crippen molar-refractivity contribution in [1.29, 1.82) is 0 Å². The summed E-state index contributed by atoms with van der Waals surface area (Å²) in [6.07, 6.45) is 1.32. The Labute approximate surface area is 148 Å². The van der Waals surface area contributed by atoms with Crippen molar-refractivity contribution in [2.45, 2.75) is 6.92 Å². The van der Waals surface area contributed by atoms with Crippen molar-refractivity contribution in [1.82, 2.24) is 5.16 Å². The van der Waals surface area contributed by atoms with Gasteiger partial charge in [-0.25, -0.2) is 4.79 Å². The molecule has 128 valence electrons. The first-order valence-electron chi connectivity index (χ1n) is 8.06. The van der Waals surface area contributed by atoms with Gasteiger partial charge in [-0.15, -0.1) is 0 Å². The van der Waals surface area contributed by atoms with Gasteiger partial charge in [0.25, 0.3) is 0 Å². The first-order chi connectivity index (χ1) is 12.6. The van der Waals surface area contributed by atoms with Crippen molar-refractivity contribution >= 4 is 17.5 Å². The monoisotopic (exact) mass is 347 g/mol. The minimum absolute atomic E-state index is 0.0294. The summed E-state index contributed by atoms with van der Waals surface area (Å²) in [4.78, 5) is 37.5. The van der Waals surface area contributed by atoms with Gasteiger partial charge >= 0.3 is 5.97 Å². The minimum Gasteiger partial charge on any atom is -0.461 e. The molecule has 3 aromatic rings. The molecule has 6 nitrogen and oxygen atoms in total. The second-order valence-electron chi connectivity index (χ2n) is 5.76. The van der Waals surface area contributed by atoms with Crippen LogP contribution in [-0.4, -0.2) is 29.3 Å². The van der Waals surface area contributed by atoms with Crippen LogP contribution in [0.3, 0.4) is 0 Å². The van der Waals surface area contributed by atoms with E-state index >= 15 is 0 Å².